The van der Waals surface area contributed by atoms with Crippen molar-refractivity contribution in [2.45, 2.75) is 72.4 Å². The van der Waals surface area contributed by atoms with Gasteiger partial charge in [-0.1, -0.05) is 40.5 Å². The molecule has 0 amide bonds. The Kier molecular flexibility index (Phi) is 7.25. The number of rotatable bonds is 7. The molecule has 1 aliphatic heterocycles. The third kappa shape index (κ3) is 5.27. The molecule has 1 fully saturated rings. The summed E-state index contributed by atoms with van der Waals surface area (Å²) in [4.78, 5) is 2.71. The number of likely N-dealkylation sites (tertiary alicyclic amines) is 1. The smallest absolute Gasteiger partial charge is 0.0105 e. The van der Waals surface area contributed by atoms with Gasteiger partial charge in [-0.3, -0.25) is 0 Å². The van der Waals surface area contributed by atoms with Gasteiger partial charge in [0, 0.05) is 12.1 Å². The first kappa shape index (κ1) is 16.0. The topological polar surface area (TPSA) is 15.3 Å². The lowest BCUT2D eigenvalue weighted by atomic mass is 9.90. The Bertz CT molecular complexity index is 207. The molecule has 0 bridgehead atoms. The third-order valence-electron chi connectivity index (χ3n) is 4.59. The fraction of sp³-hybridized carbons (Fsp3) is 1.00. The van der Waals surface area contributed by atoms with Crippen LogP contribution >= 0.6 is 0 Å². The Morgan fingerprint density at radius 3 is 2.22 bits per heavy atom. The zero-order valence-corrected chi connectivity index (χ0v) is 13.2. The number of hydrogen-bond donors (Lipinski definition) is 1. The average Bonchev–Trinajstić information content (AvgIpc) is 2.36. The van der Waals surface area contributed by atoms with Gasteiger partial charge in [0.1, 0.15) is 0 Å². The monoisotopic (exact) mass is 254 g/mol. The summed E-state index contributed by atoms with van der Waals surface area (Å²) in [7, 11) is 0. The molecular formula is C16H34N2. The van der Waals surface area contributed by atoms with Crippen LogP contribution in [-0.2, 0) is 0 Å². The first-order valence-corrected chi connectivity index (χ1v) is 8.02. The van der Waals surface area contributed by atoms with Gasteiger partial charge in [0.05, 0.1) is 0 Å². The summed E-state index contributed by atoms with van der Waals surface area (Å²) in [6.45, 7) is 15.4. The van der Waals surface area contributed by atoms with Crippen LogP contribution in [0.3, 0.4) is 0 Å². The van der Waals surface area contributed by atoms with E-state index in [0.29, 0.717) is 6.04 Å². The molecule has 1 saturated heterocycles. The zero-order valence-electron chi connectivity index (χ0n) is 13.2. The SMILES string of the molecule is CCCC1CCN(C(C)C(C)CNC(C)C)CC1. The molecule has 18 heavy (non-hydrogen) atoms. The van der Waals surface area contributed by atoms with Crippen LogP contribution in [0.5, 0.6) is 0 Å². The van der Waals surface area contributed by atoms with E-state index >= 15 is 0 Å². The first-order chi connectivity index (χ1) is 8.54. The van der Waals surface area contributed by atoms with E-state index in [1.54, 1.807) is 0 Å². The molecule has 1 aliphatic rings. The van der Waals surface area contributed by atoms with Crippen LogP contribution in [0.2, 0.25) is 0 Å². The molecule has 0 aromatic carbocycles. The van der Waals surface area contributed by atoms with Crippen molar-refractivity contribution >= 4 is 0 Å². The number of nitrogens with zero attached hydrogens (tertiary/aromatic N) is 1. The van der Waals surface area contributed by atoms with E-state index in [9.17, 15) is 0 Å². The van der Waals surface area contributed by atoms with Gasteiger partial charge >= 0.3 is 0 Å². The van der Waals surface area contributed by atoms with Gasteiger partial charge in [-0.2, -0.15) is 0 Å². The van der Waals surface area contributed by atoms with Crippen LogP contribution in [0.1, 0.15) is 60.3 Å². The van der Waals surface area contributed by atoms with Gasteiger partial charge in [-0.05, 0) is 51.2 Å². The van der Waals surface area contributed by atoms with Gasteiger partial charge in [0.2, 0.25) is 0 Å². The fourth-order valence-electron chi connectivity index (χ4n) is 3.01. The van der Waals surface area contributed by atoms with Crippen molar-refractivity contribution in [3.05, 3.63) is 0 Å². The Hall–Kier alpha value is -0.0800. The van der Waals surface area contributed by atoms with Crippen molar-refractivity contribution in [1.82, 2.24) is 10.2 Å². The molecule has 1 N–H and O–H groups in total. The lowest BCUT2D eigenvalue weighted by Gasteiger charge is -2.38. The highest BCUT2D eigenvalue weighted by atomic mass is 15.2. The molecule has 1 rings (SSSR count). The van der Waals surface area contributed by atoms with E-state index < -0.39 is 0 Å². The van der Waals surface area contributed by atoms with Crippen LogP contribution in [0.15, 0.2) is 0 Å². The number of hydrogen-bond acceptors (Lipinski definition) is 2. The van der Waals surface area contributed by atoms with Crippen LogP contribution in [0, 0.1) is 11.8 Å². The van der Waals surface area contributed by atoms with Crippen LogP contribution < -0.4 is 5.32 Å². The maximum absolute atomic E-state index is 3.57. The Morgan fingerprint density at radius 2 is 1.72 bits per heavy atom. The molecule has 0 aliphatic carbocycles. The summed E-state index contributed by atoms with van der Waals surface area (Å²) in [6, 6.07) is 1.33. The molecule has 0 saturated carbocycles. The quantitative estimate of drug-likeness (QED) is 0.748. The number of piperidine rings is 1. The van der Waals surface area contributed by atoms with E-state index in [2.05, 4.69) is 44.8 Å². The Labute approximate surface area is 115 Å². The van der Waals surface area contributed by atoms with Crippen molar-refractivity contribution < 1.29 is 0 Å². The van der Waals surface area contributed by atoms with E-state index in [-0.39, 0.29) is 0 Å². The maximum atomic E-state index is 3.57. The minimum atomic E-state index is 0.606. The van der Waals surface area contributed by atoms with E-state index in [1.165, 1.54) is 38.8 Å². The van der Waals surface area contributed by atoms with Crippen molar-refractivity contribution in [3.63, 3.8) is 0 Å². The molecule has 2 unspecified atom stereocenters. The average molecular weight is 254 g/mol. The third-order valence-corrected chi connectivity index (χ3v) is 4.59. The lowest BCUT2D eigenvalue weighted by molar-refractivity contribution is 0.106. The van der Waals surface area contributed by atoms with Gasteiger partial charge < -0.3 is 10.2 Å². The summed E-state index contributed by atoms with van der Waals surface area (Å²) in [5.41, 5.74) is 0. The number of nitrogens with one attached hydrogen (secondary N) is 1. The first-order valence-electron chi connectivity index (χ1n) is 8.02. The van der Waals surface area contributed by atoms with Crippen LogP contribution in [-0.4, -0.2) is 36.6 Å². The second-order valence-electron chi connectivity index (χ2n) is 6.55. The molecule has 2 nitrogen and oxygen atoms in total. The highest BCUT2D eigenvalue weighted by Gasteiger charge is 2.25. The van der Waals surface area contributed by atoms with E-state index in [4.69, 9.17) is 0 Å². The van der Waals surface area contributed by atoms with E-state index in [1.807, 2.05) is 0 Å². The molecule has 2 atom stereocenters. The highest BCUT2D eigenvalue weighted by Crippen LogP contribution is 2.24. The summed E-state index contributed by atoms with van der Waals surface area (Å²) in [5.74, 6) is 1.75. The molecular weight excluding hydrogens is 220 g/mol. The van der Waals surface area contributed by atoms with Gasteiger partial charge in [0.15, 0.2) is 0 Å². The van der Waals surface area contributed by atoms with Crippen LogP contribution in [0.25, 0.3) is 0 Å². The Morgan fingerprint density at radius 1 is 1.11 bits per heavy atom. The second-order valence-corrected chi connectivity index (χ2v) is 6.55. The van der Waals surface area contributed by atoms with Crippen molar-refractivity contribution in [1.29, 1.82) is 0 Å². The summed E-state index contributed by atoms with van der Waals surface area (Å²) in [6.07, 6.45) is 5.63. The highest BCUT2D eigenvalue weighted by molar-refractivity contribution is 4.80. The van der Waals surface area contributed by atoms with E-state index in [0.717, 1.165) is 24.4 Å². The fourth-order valence-corrected chi connectivity index (χ4v) is 3.01. The summed E-state index contributed by atoms with van der Waals surface area (Å²) < 4.78 is 0. The van der Waals surface area contributed by atoms with Crippen molar-refractivity contribution in [2.75, 3.05) is 19.6 Å². The molecule has 0 aromatic heterocycles. The van der Waals surface area contributed by atoms with Gasteiger partial charge in [0.25, 0.3) is 0 Å². The van der Waals surface area contributed by atoms with Crippen molar-refractivity contribution in [2.24, 2.45) is 11.8 Å². The largest absolute Gasteiger partial charge is 0.314 e. The minimum absolute atomic E-state index is 0.606. The molecule has 0 aromatic rings. The summed E-state index contributed by atoms with van der Waals surface area (Å²) in [5, 5.41) is 3.57. The standard InChI is InChI=1S/C16H34N2/c1-6-7-16-8-10-18(11-9-16)15(5)14(4)12-17-13(2)3/h13-17H,6-12H2,1-5H3. The molecule has 2 heteroatoms. The predicted molar refractivity (Wildman–Crippen MR) is 81.0 cm³/mol. The molecule has 108 valence electrons. The lowest BCUT2D eigenvalue weighted by Crippen LogP contribution is -2.45. The maximum Gasteiger partial charge on any atom is 0.0105 e. The van der Waals surface area contributed by atoms with Crippen molar-refractivity contribution in [3.8, 4) is 0 Å². The summed E-state index contributed by atoms with van der Waals surface area (Å²) >= 11 is 0. The normalized spacial score (nSPS) is 22.3. The molecule has 0 radical (unpaired) electrons. The molecule has 0 spiro atoms. The second kappa shape index (κ2) is 8.16. The Balaban J connectivity index is 2.28. The molecule has 1 heterocycles. The predicted octanol–water partition coefficient (Wildman–Crippen LogP) is 3.52. The van der Waals surface area contributed by atoms with Crippen LogP contribution in [0.4, 0.5) is 0 Å². The van der Waals surface area contributed by atoms with Gasteiger partial charge in [-0.15, -0.1) is 0 Å². The zero-order chi connectivity index (χ0) is 13.5. The minimum Gasteiger partial charge on any atom is -0.314 e. The van der Waals surface area contributed by atoms with Gasteiger partial charge in [-0.25, -0.2) is 0 Å².